The number of nitrogens with zero attached hydrogens (tertiary/aromatic N) is 1. The summed E-state index contributed by atoms with van der Waals surface area (Å²) in [6, 6.07) is 0. The van der Waals surface area contributed by atoms with Crippen LogP contribution in [0.2, 0.25) is 0 Å². The molecule has 2 unspecified atom stereocenters. The van der Waals surface area contributed by atoms with Crippen LogP contribution in [-0.4, -0.2) is 59.3 Å². The Bertz CT molecular complexity index is 734. The molecule has 0 radical (unpaired) electrons. The first-order valence-electron chi connectivity index (χ1n) is 12.9. The minimum Gasteiger partial charge on any atom is -0.465 e. The molecule has 3 rings (SSSR count). The van der Waals surface area contributed by atoms with E-state index >= 15 is 0 Å². The quantitative estimate of drug-likeness (QED) is 0.582. The highest BCUT2D eigenvalue weighted by atomic mass is 16.5. The zero-order valence-electron chi connectivity index (χ0n) is 22.5. The van der Waals surface area contributed by atoms with Crippen LogP contribution in [0.3, 0.4) is 0 Å². The molecule has 2 atom stereocenters. The lowest BCUT2D eigenvalue weighted by molar-refractivity contribution is -0.157. The maximum Gasteiger partial charge on any atom is 0.308 e. The van der Waals surface area contributed by atoms with Gasteiger partial charge in [0.15, 0.2) is 0 Å². The van der Waals surface area contributed by atoms with Crippen molar-refractivity contribution in [3.63, 3.8) is 0 Å². The highest BCUT2D eigenvalue weighted by Gasteiger charge is 2.50. The molecule has 0 aromatic heterocycles. The van der Waals surface area contributed by atoms with Gasteiger partial charge in [0.1, 0.15) is 0 Å². The Kier molecular flexibility index (Phi) is 7.33. The lowest BCUT2D eigenvalue weighted by atomic mass is 9.82. The van der Waals surface area contributed by atoms with E-state index < -0.39 is 0 Å². The van der Waals surface area contributed by atoms with Gasteiger partial charge in [-0.25, -0.2) is 0 Å². The largest absolute Gasteiger partial charge is 0.465 e. The number of hydrogen-bond acceptors (Lipinski definition) is 6. The van der Waals surface area contributed by atoms with Crippen LogP contribution < -0.4 is 5.32 Å². The molecular weight excluding hydrogens is 416 g/mol. The number of esters is 2. The van der Waals surface area contributed by atoms with Crippen molar-refractivity contribution in [1.29, 1.82) is 0 Å². The number of carbonyl (C=O) groups excluding carboxylic acids is 2. The predicted octanol–water partition coefficient (Wildman–Crippen LogP) is 4.55. The Labute approximate surface area is 201 Å². The van der Waals surface area contributed by atoms with Crippen LogP contribution in [0.1, 0.15) is 93.9 Å². The van der Waals surface area contributed by atoms with Gasteiger partial charge in [-0.3, -0.25) is 14.5 Å². The minimum absolute atomic E-state index is 0.00379. The van der Waals surface area contributed by atoms with Crippen molar-refractivity contribution in [3.05, 3.63) is 0 Å². The first-order valence-corrected chi connectivity index (χ1v) is 12.9. The summed E-state index contributed by atoms with van der Waals surface area (Å²) in [6.45, 7) is 18.7. The second-order valence-corrected chi connectivity index (χ2v) is 13.4. The zero-order valence-corrected chi connectivity index (χ0v) is 22.5. The molecule has 0 aromatic carbocycles. The van der Waals surface area contributed by atoms with Gasteiger partial charge in [0.2, 0.25) is 0 Å². The summed E-state index contributed by atoms with van der Waals surface area (Å²) in [5.74, 6) is 0.260. The van der Waals surface area contributed by atoms with Gasteiger partial charge in [-0.2, -0.15) is 0 Å². The van der Waals surface area contributed by atoms with Gasteiger partial charge in [0.05, 0.1) is 25.0 Å². The summed E-state index contributed by atoms with van der Waals surface area (Å²) >= 11 is 0. The second-order valence-electron chi connectivity index (χ2n) is 13.4. The third-order valence-electron chi connectivity index (χ3n) is 9.20. The Morgan fingerprint density at radius 3 is 1.61 bits per heavy atom. The molecule has 6 heteroatoms. The Morgan fingerprint density at radius 1 is 0.788 bits per heavy atom. The van der Waals surface area contributed by atoms with E-state index in [-0.39, 0.29) is 45.9 Å². The average molecular weight is 465 g/mol. The summed E-state index contributed by atoms with van der Waals surface area (Å²) in [4.78, 5) is 27.9. The Hall–Kier alpha value is -1.14. The summed E-state index contributed by atoms with van der Waals surface area (Å²) in [7, 11) is 2.16. The molecule has 2 aliphatic heterocycles. The van der Waals surface area contributed by atoms with Crippen LogP contribution in [0.25, 0.3) is 0 Å². The summed E-state index contributed by atoms with van der Waals surface area (Å²) < 4.78 is 11.6. The SMILES string of the molecule is CN1C(C)(C)CC(COC(=O)C2CCC(C(=O)OCC3CC(C)(C)NC3(C)C)CC2)C1(C)C. The van der Waals surface area contributed by atoms with Gasteiger partial charge in [0.25, 0.3) is 0 Å². The van der Waals surface area contributed by atoms with E-state index in [1.807, 2.05) is 0 Å². The first kappa shape index (κ1) is 26.5. The van der Waals surface area contributed by atoms with Crippen LogP contribution in [-0.2, 0) is 19.1 Å². The van der Waals surface area contributed by atoms with E-state index in [4.69, 9.17) is 9.47 Å². The van der Waals surface area contributed by atoms with Gasteiger partial charge in [-0.1, -0.05) is 0 Å². The highest BCUT2D eigenvalue weighted by molar-refractivity contribution is 5.75. The monoisotopic (exact) mass is 464 g/mol. The molecule has 0 bridgehead atoms. The molecule has 3 fully saturated rings. The fourth-order valence-corrected chi connectivity index (χ4v) is 6.64. The van der Waals surface area contributed by atoms with Crippen LogP contribution in [0.15, 0.2) is 0 Å². The Morgan fingerprint density at radius 2 is 1.24 bits per heavy atom. The summed E-state index contributed by atoms with van der Waals surface area (Å²) in [6.07, 6.45) is 4.86. The molecule has 3 aliphatic rings. The van der Waals surface area contributed by atoms with Gasteiger partial charge in [0, 0.05) is 34.0 Å². The average Bonchev–Trinajstić information content (AvgIpc) is 3.02. The maximum absolute atomic E-state index is 12.8. The minimum atomic E-state index is -0.0969. The fourth-order valence-electron chi connectivity index (χ4n) is 6.64. The van der Waals surface area contributed by atoms with Gasteiger partial charge in [-0.05, 0) is 101 Å². The van der Waals surface area contributed by atoms with Crippen molar-refractivity contribution in [2.45, 2.75) is 116 Å². The van der Waals surface area contributed by atoms with E-state index in [0.29, 0.717) is 50.7 Å². The molecule has 2 saturated heterocycles. The third kappa shape index (κ3) is 5.75. The van der Waals surface area contributed by atoms with E-state index in [2.05, 4.69) is 72.7 Å². The number of rotatable bonds is 6. The summed E-state index contributed by atoms with van der Waals surface area (Å²) in [5.41, 5.74) is 0.142. The molecule has 2 heterocycles. The van der Waals surface area contributed by atoms with E-state index in [0.717, 1.165) is 12.8 Å². The van der Waals surface area contributed by atoms with Gasteiger partial charge >= 0.3 is 11.9 Å². The number of nitrogens with one attached hydrogen (secondary N) is 1. The van der Waals surface area contributed by atoms with Gasteiger partial charge < -0.3 is 14.8 Å². The maximum atomic E-state index is 12.8. The molecule has 1 aliphatic carbocycles. The molecule has 1 saturated carbocycles. The standard InChI is InChI=1S/C27H48N2O4/c1-24(2)14-20(26(5,6)28-24)16-32-22(30)18-10-12-19(13-11-18)23(31)33-17-21-15-25(3,4)29(9)27(21,7)8/h18-21,28H,10-17H2,1-9H3. The lowest BCUT2D eigenvalue weighted by Crippen LogP contribution is -2.47. The van der Waals surface area contributed by atoms with E-state index in [9.17, 15) is 9.59 Å². The second kappa shape index (κ2) is 9.14. The lowest BCUT2D eigenvalue weighted by Gasteiger charge is -2.38. The van der Waals surface area contributed by atoms with Crippen LogP contribution >= 0.6 is 0 Å². The van der Waals surface area contributed by atoms with Crippen molar-refractivity contribution < 1.29 is 19.1 Å². The first-order chi connectivity index (χ1) is 15.1. The van der Waals surface area contributed by atoms with Crippen LogP contribution in [0.5, 0.6) is 0 Å². The number of hydrogen-bond donors (Lipinski definition) is 1. The molecule has 1 N–H and O–H groups in total. The van der Waals surface area contributed by atoms with Crippen molar-refractivity contribution in [1.82, 2.24) is 10.2 Å². The molecule has 0 spiro atoms. The van der Waals surface area contributed by atoms with E-state index in [1.54, 1.807) is 0 Å². The fraction of sp³-hybridized carbons (Fsp3) is 0.926. The molecular formula is C27H48N2O4. The number of ether oxygens (including phenoxy) is 2. The zero-order chi connectivity index (χ0) is 24.8. The topological polar surface area (TPSA) is 67.9 Å². The molecule has 33 heavy (non-hydrogen) atoms. The summed E-state index contributed by atoms with van der Waals surface area (Å²) in [5, 5.41) is 3.64. The van der Waals surface area contributed by atoms with Crippen LogP contribution in [0.4, 0.5) is 0 Å². The number of likely N-dealkylation sites (tertiary alicyclic amines) is 1. The van der Waals surface area contributed by atoms with Crippen molar-refractivity contribution in [2.24, 2.45) is 23.7 Å². The van der Waals surface area contributed by atoms with Crippen LogP contribution in [0, 0.1) is 23.7 Å². The van der Waals surface area contributed by atoms with E-state index in [1.165, 1.54) is 0 Å². The molecule has 0 aromatic rings. The molecule has 6 nitrogen and oxygen atoms in total. The van der Waals surface area contributed by atoms with Crippen molar-refractivity contribution in [2.75, 3.05) is 20.3 Å². The predicted molar refractivity (Wildman–Crippen MR) is 131 cm³/mol. The smallest absolute Gasteiger partial charge is 0.308 e. The molecule has 0 amide bonds. The van der Waals surface area contributed by atoms with Gasteiger partial charge in [-0.15, -0.1) is 0 Å². The van der Waals surface area contributed by atoms with Crippen molar-refractivity contribution in [3.8, 4) is 0 Å². The van der Waals surface area contributed by atoms with Crippen molar-refractivity contribution >= 4 is 11.9 Å². The third-order valence-corrected chi connectivity index (χ3v) is 9.20. The number of carbonyl (C=O) groups is 2. The molecule has 190 valence electrons. The Balaban J connectivity index is 1.41. The normalized spacial score (nSPS) is 34.7. The highest BCUT2D eigenvalue weighted by Crippen LogP contribution is 2.44.